The lowest BCUT2D eigenvalue weighted by Crippen LogP contribution is -1.87. The van der Waals surface area contributed by atoms with Crippen LogP contribution in [-0.4, -0.2) is 4.98 Å². The average molecular weight is 222 g/mol. The van der Waals surface area contributed by atoms with Gasteiger partial charge in [-0.25, -0.2) is 0 Å². The Labute approximate surface area is 100 Å². The van der Waals surface area contributed by atoms with Crippen LogP contribution in [0.25, 0.3) is 10.9 Å². The van der Waals surface area contributed by atoms with Crippen LogP contribution in [0, 0.1) is 0 Å². The highest BCUT2D eigenvalue weighted by atomic mass is 14.8. The molecule has 0 unspecified atom stereocenters. The Morgan fingerprint density at radius 1 is 0.941 bits per heavy atom. The molecule has 0 spiro atoms. The number of hydrogen-bond acceptors (Lipinski definition) is 1. The van der Waals surface area contributed by atoms with E-state index in [1.54, 1.807) is 0 Å². The quantitative estimate of drug-likeness (QED) is 0.686. The van der Waals surface area contributed by atoms with E-state index in [-0.39, 0.29) is 0 Å². The van der Waals surface area contributed by atoms with Gasteiger partial charge in [-0.1, -0.05) is 42.5 Å². The minimum atomic E-state index is 0.723. The molecule has 2 aromatic carbocycles. The molecule has 0 aliphatic carbocycles. The van der Waals surface area contributed by atoms with E-state index in [4.69, 9.17) is 5.73 Å². The molecule has 0 aliphatic heterocycles. The van der Waals surface area contributed by atoms with Gasteiger partial charge in [0.15, 0.2) is 0 Å². The number of fused-ring (bicyclic) bond motifs is 1. The van der Waals surface area contributed by atoms with E-state index in [1.807, 2.05) is 12.1 Å². The number of nitrogens with two attached hydrogens (primary N) is 1. The highest BCUT2D eigenvalue weighted by Crippen LogP contribution is 2.23. The molecule has 0 amide bonds. The zero-order valence-corrected chi connectivity index (χ0v) is 9.48. The first kappa shape index (κ1) is 9.97. The molecule has 17 heavy (non-hydrogen) atoms. The number of hydrogen-bond donors (Lipinski definition) is 2. The lowest BCUT2D eigenvalue weighted by molar-refractivity contribution is 1.21. The van der Waals surface area contributed by atoms with E-state index in [0.717, 1.165) is 17.8 Å². The number of nitrogen functional groups attached to an aromatic ring is 1. The number of aromatic nitrogens is 1. The molecule has 3 rings (SSSR count). The van der Waals surface area contributed by atoms with Crippen molar-refractivity contribution in [3.8, 4) is 0 Å². The Balaban J connectivity index is 2.06. The lowest BCUT2D eigenvalue weighted by atomic mass is 10.0. The summed E-state index contributed by atoms with van der Waals surface area (Å²) < 4.78 is 0. The van der Waals surface area contributed by atoms with Crippen molar-refractivity contribution in [3.63, 3.8) is 0 Å². The number of benzene rings is 2. The summed E-state index contributed by atoms with van der Waals surface area (Å²) in [5.41, 5.74) is 9.53. The monoisotopic (exact) mass is 222 g/mol. The van der Waals surface area contributed by atoms with Gasteiger partial charge in [-0.2, -0.15) is 0 Å². The number of rotatable bonds is 2. The van der Waals surface area contributed by atoms with Gasteiger partial charge < -0.3 is 10.7 Å². The van der Waals surface area contributed by atoms with Crippen LogP contribution in [0.4, 0.5) is 5.82 Å². The van der Waals surface area contributed by atoms with Crippen molar-refractivity contribution in [2.24, 2.45) is 0 Å². The molecule has 1 heterocycles. The van der Waals surface area contributed by atoms with Crippen molar-refractivity contribution in [2.75, 3.05) is 5.73 Å². The highest BCUT2D eigenvalue weighted by Gasteiger charge is 2.04. The molecule has 0 fully saturated rings. The van der Waals surface area contributed by atoms with E-state index in [0.29, 0.717) is 0 Å². The van der Waals surface area contributed by atoms with Crippen LogP contribution in [0.5, 0.6) is 0 Å². The maximum absolute atomic E-state index is 5.80. The summed E-state index contributed by atoms with van der Waals surface area (Å²) in [7, 11) is 0. The third kappa shape index (κ3) is 1.89. The van der Waals surface area contributed by atoms with Crippen LogP contribution >= 0.6 is 0 Å². The zero-order chi connectivity index (χ0) is 11.7. The van der Waals surface area contributed by atoms with Crippen LogP contribution < -0.4 is 5.73 Å². The second-order valence-corrected chi connectivity index (χ2v) is 4.27. The summed E-state index contributed by atoms with van der Waals surface area (Å²) >= 11 is 0. The minimum Gasteiger partial charge on any atom is -0.385 e. The average Bonchev–Trinajstić information content (AvgIpc) is 2.72. The van der Waals surface area contributed by atoms with Gasteiger partial charge in [-0.05, 0) is 29.7 Å². The second kappa shape index (κ2) is 3.98. The van der Waals surface area contributed by atoms with Gasteiger partial charge in [-0.3, -0.25) is 0 Å². The van der Waals surface area contributed by atoms with Crippen LogP contribution in [0.2, 0.25) is 0 Å². The zero-order valence-electron chi connectivity index (χ0n) is 9.48. The Morgan fingerprint density at radius 2 is 1.76 bits per heavy atom. The SMILES string of the molecule is Nc1cc2c(Cc3ccccc3)cccc2[nH]1. The number of nitrogens with one attached hydrogen (secondary N) is 1. The summed E-state index contributed by atoms with van der Waals surface area (Å²) in [6.07, 6.45) is 0.940. The van der Waals surface area contributed by atoms with E-state index in [1.165, 1.54) is 16.5 Å². The predicted octanol–water partition coefficient (Wildman–Crippen LogP) is 3.34. The smallest absolute Gasteiger partial charge is 0.101 e. The van der Waals surface area contributed by atoms with Gasteiger partial charge >= 0.3 is 0 Å². The Bertz CT molecular complexity index is 638. The van der Waals surface area contributed by atoms with Gasteiger partial charge in [0.2, 0.25) is 0 Å². The second-order valence-electron chi connectivity index (χ2n) is 4.27. The first-order valence-electron chi connectivity index (χ1n) is 5.73. The third-order valence-electron chi connectivity index (χ3n) is 3.01. The van der Waals surface area contributed by atoms with Crippen molar-refractivity contribution in [1.29, 1.82) is 0 Å². The molecule has 2 heteroatoms. The molecule has 0 saturated carbocycles. The van der Waals surface area contributed by atoms with Crippen LogP contribution in [0.3, 0.4) is 0 Å². The van der Waals surface area contributed by atoms with Crippen LogP contribution in [-0.2, 0) is 6.42 Å². The number of H-pyrrole nitrogens is 1. The van der Waals surface area contributed by atoms with E-state index >= 15 is 0 Å². The fourth-order valence-electron chi connectivity index (χ4n) is 2.21. The number of aromatic amines is 1. The molecule has 84 valence electrons. The minimum absolute atomic E-state index is 0.723. The molecule has 3 aromatic rings. The first-order chi connectivity index (χ1) is 8.33. The van der Waals surface area contributed by atoms with Gasteiger partial charge in [0.1, 0.15) is 5.82 Å². The lowest BCUT2D eigenvalue weighted by Gasteiger charge is -2.03. The fraction of sp³-hybridized carbons (Fsp3) is 0.0667. The van der Waals surface area contributed by atoms with Crippen molar-refractivity contribution < 1.29 is 0 Å². The van der Waals surface area contributed by atoms with Crippen molar-refractivity contribution in [3.05, 3.63) is 65.7 Å². The van der Waals surface area contributed by atoms with E-state index in [2.05, 4.69) is 47.4 Å². The summed E-state index contributed by atoms with van der Waals surface area (Å²) in [5, 5.41) is 1.22. The molecule has 0 bridgehead atoms. The predicted molar refractivity (Wildman–Crippen MR) is 72.0 cm³/mol. The maximum Gasteiger partial charge on any atom is 0.101 e. The van der Waals surface area contributed by atoms with Crippen molar-refractivity contribution in [1.82, 2.24) is 4.98 Å². The summed E-state index contributed by atoms with van der Waals surface area (Å²) in [5.74, 6) is 0.723. The molecule has 0 aliphatic rings. The summed E-state index contributed by atoms with van der Waals surface area (Å²) in [4.78, 5) is 3.16. The summed E-state index contributed by atoms with van der Waals surface area (Å²) in [6, 6.07) is 18.8. The highest BCUT2D eigenvalue weighted by molar-refractivity contribution is 5.86. The number of anilines is 1. The van der Waals surface area contributed by atoms with Crippen molar-refractivity contribution >= 4 is 16.7 Å². The molecular formula is C15H14N2. The Morgan fingerprint density at radius 3 is 2.59 bits per heavy atom. The van der Waals surface area contributed by atoms with E-state index < -0.39 is 0 Å². The Kier molecular flexibility index (Phi) is 2.33. The molecule has 3 N–H and O–H groups in total. The van der Waals surface area contributed by atoms with Crippen LogP contribution in [0.15, 0.2) is 54.6 Å². The van der Waals surface area contributed by atoms with Gasteiger partial charge in [0.05, 0.1) is 0 Å². The topological polar surface area (TPSA) is 41.8 Å². The fourth-order valence-corrected chi connectivity index (χ4v) is 2.21. The standard InChI is InChI=1S/C15H14N2/c16-15-10-13-12(7-4-8-14(13)17-15)9-11-5-2-1-3-6-11/h1-8,10,17H,9,16H2. The Hall–Kier alpha value is -2.22. The third-order valence-corrected chi connectivity index (χ3v) is 3.01. The molecule has 2 nitrogen and oxygen atoms in total. The molecule has 1 aromatic heterocycles. The first-order valence-corrected chi connectivity index (χ1v) is 5.73. The van der Waals surface area contributed by atoms with Gasteiger partial charge in [0, 0.05) is 10.9 Å². The molecular weight excluding hydrogens is 208 g/mol. The molecule has 0 saturated heterocycles. The summed E-state index contributed by atoms with van der Waals surface area (Å²) in [6.45, 7) is 0. The van der Waals surface area contributed by atoms with E-state index in [9.17, 15) is 0 Å². The van der Waals surface area contributed by atoms with Gasteiger partial charge in [-0.15, -0.1) is 0 Å². The normalized spacial score (nSPS) is 10.8. The van der Waals surface area contributed by atoms with Gasteiger partial charge in [0.25, 0.3) is 0 Å². The largest absolute Gasteiger partial charge is 0.385 e. The molecule has 0 atom stereocenters. The maximum atomic E-state index is 5.80. The van der Waals surface area contributed by atoms with Crippen molar-refractivity contribution in [2.45, 2.75) is 6.42 Å². The molecule has 0 radical (unpaired) electrons. The van der Waals surface area contributed by atoms with Crippen LogP contribution in [0.1, 0.15) is 11.1 Å².